The normalized spacial score (nSPS) is 12.0. The van der Waals surface area contributed by atoms with Crippen LogP contribution in [0.25, 0.3) is 0 Å². The van der Waals surface area contributed by atoms with Crippen molar-refractivity contribution in [3.8, 4) is 0 Å². The van der Waals surface area contributed by atoms with Crippen molar-refractivity contribution in [3.63, 3.8) is 0 Å². The predicted molar refractivity (Wildman–Crippen MR) is 93.5 cm³/mol. The van der Waals surface area contributed by atoms with E-state index in [0.717, 1.165) is 20.9 Å². The lowest BCUT2D eigenvalue weighted by Crippen LogP contribution is -2.28. The number of amides is 1. The molecule has 0 radical (unpaired) electrons. The summed E-state index contributed by atoms with van der Waals surface area (Å²) < 4.78 is 1.73. The minimum Gasteiger partial charge on any atom is -0.345 e. The maximum atomic E-state index is 12.4. The molecule has 2 nitrogen and oxygen atoms in total. The van der Waals surface area contributed by atoms with Gasteiger partial charge in [-0.2, -0.15) is 0 Å². The van der Waals surface area contributed by atoms with Crippen molar-refractivity contribution in [2.24, 2.45) is 0 Å². The maximum absolute atomic E-state index is 12.4. The first-order valence-electron chi connectivity index (χ1n) is 6.83. The Morgan fingerprint density at radius 1 is 1.14 bits per heavy atom. The van der Waals surface area contributed by atoms with Crippen LogP contribution in [-0.2, 0) is 0 Å². The van der Waals surface area contributed by atoms with E-state index in [0.29, 0.717) is 5.56 Å². The predicted octanol–water partition coefficient (Wildman–Crippen LogP) is 5.40. The molecule has 21 heavy (non-hydrogen) atoms. The minimum atomic E-state index is -0.0678. The Hall–Kier alpha value is -1.13. The smallest absolute Gasteiger partial charge is 0.252 e. The van der Waals surface area contributed by atoms with E-state index in [1.54, 1.807) is 0 Å². The fourth-order valence-electron chi connectivity index (χ4n) is 2.13. The van der Waals surface area contributed by atoms with Gasteiger partial charge in [0.1, 0.15) is 0 Å². The van der Waals surface area contributed by atoms with E-state index in [1.807, 2.05) is 18.2 Å². The molecule has 110 valence electrons. The van der Waals surface area contributed by atoms with Crippen LogP contribution in [0, 0.1) is 6.92 Å². The zero-order valence-corrected chi connectivity index (χ0v) is 15.2. The van der Waals surface area contributed by atoms with E-state index < -0.39 is 0 Å². The first-order chi connectivity index (χ1) is 10.0. The van der Waals surface area contributed by atoms with Gasteiger partial charge in [0, 0.05) is 8.95 Å². The van der Waals surface area contributed by atoms with Crippen LogP contribution >= 0.6 is 31.9 Å². The summed E-state index contributed by atoms with van der Waals surface area (Å²) in [5, 5.41) is 3.09. The summed E-state index contributed by atoms with van der Waals surface area (Å²) in [6.45, 7) is 4.13. The molecule has 0 saturated carbocycles. The Labute approximate surface area is 142 Å². The van der Waals surface area contributed by atoms with E-state index in [-0.39, 0.29) is 11.9 Å². The van der Waals surface area contributed by atoms with Gasteiger partial charge < -0.3 is 5.32 Å². The molecule has 1 atom stereocenters. The first kappa shape index (κ1) is 16.2. The largest absolute Gasteiger partial charge is 0.345 e. The molecule has 2 rings (SSSR count). The third kappa shape index (κ3) is 4.17. The monoisotopic (exact) mass is 409 g/mol. The molecular formula is C17H17Br2NO. The van der Waals surface area contributed by atoms with Crippen molar-refractivity contribution >= 4 is 37.8 Å². The number of carbonyl (C=O) groups excluding carboxylic acids is 1. The number of halogens is 2. The Bertz CT molecular complexity index is 638. The van der Waals surface area contributed by atoms with Crippen molar-refractivity contribution in [1.82, 2.24) is 5.32 Å². The molecule has 0 fully saturated rings. The van der Waals surface area contributed by atoms with Crippen molar-refractivity contribution < 1.29 is 4.79 Å². The van der Waals surface area contributed by atoms with E-state index in [4.69, 9.17) is 0 Å². The summed E-state index contributed by atoms with van der Waals surface area (Å²) >= 11 is 6.83. The minimum absolute atomic E-state index is 0.0219. The lowest BCUT2D eigenvalue weighted by molar-refractivity contribution is 0.0935. The van der Waals surface area contributed by atoms with Gasteiger partial charge in [-0.25, -0.2) is 0 Å². The second-order valence-corrected chi connectivity index (χ2v) is 6.74. The summed E-state index contributed by atoms with van der Waals surface area (Å²) in [6, 6.07) is 13.9. The van der Waals surface area contributed by atoms with Crippen LogP contribution in [0.5, 0.6) is 0 Å². The number of carbonyl (C=O) groups is 1. The standard InChI is InChI=1S/C17H17Br2NO/c1-3-16(12-6-4-11(2)5-7-12)20-17(21)14-9-8-13(18)10-15(14)19/h4-10,16H,3H2,1-2H3,(H,20,21). The second-order valence-electron chi connectivity index (χ2n) is 4.97. The molecule has 1 N–H and O–H groups in total. The summed E-state index contributed by atoms with van der Waals surface area (Å²) in [5.41, 5.74) is 2.99. The van der Waals surface area contributed by atoms with Gasteiger partial charge in [0.15, 0.2) is 0 Å². The number of rotatable bonds is 4. The Morgan fingerprint density at radius 3 is 2.38 bits per heavy atom. The van der Waals surface area contributed by atoms with Crippen molar-refractivity contribution in [2.45, 2.75) is 26.3 Å². The van der Waals surface area contributed by atoms with Crippen LogP contribution in [0.1, 0.15) is 40.9 Å². The molecule has 2 aromatic rings. The highest BCUT2D eigenvalue weighted by molar-refractivity contribution is 9.11. The molecule has 0 aliphatic heterocycles. The molecular weight excluding hydrogens is 394 g/mol. The van der Waals surface area contributed by atoms with Gasteiger partial charge in [0.25, 0.3) is 5.91 Å². The molecule has 1 unspecified atom stereocenters. The summed E-state index contributed by atoms with van der Waals surface area (Å²) in [4.78, 5) is 12.4. The average Bonchev–Trinajstić information content (AvgIpc) is 2.45. The van der Waals surface area contributed by atoms with Gasteiger partial charge in [0.2, 0.25) is 0 Å². The third-order valence-electron chi connectivity index (χ3n) is 3.37. The fourth-order valence-corrected chi connectivity index (χ4v) is 3.36. The fraction of sp³-hybridized carbons (Fsp3) is 0.235. The van der Waals surface area contributed by atoms with Gasteiger partial charge in [-0.1, -0.05) is 52.7 Å². The molecule has 2 aromatic carbocycles. The van der Waals surface area contributed by atoms with Gasteiger partial charge >= 0.3 is 0 Å². The van der Waals surface area contributed by atoms with E-state index >= 15 is 0 Å². The van der Waals surface area contributed by atoms with Crippen LogP contribution < -0.4 is 5.32 Å². The highest BCUT2D eigenvalue weighted by Gasteiger charge is 2.16. The second kappa shape index (κ2) is 7.23. The zero-order chi connectivity index (χ0) is 15.4. The number of hydrogen-bond acceptors (Lipinski definition) is 1. The molecule has 0 bridgehead atoms. The maximum Gasteiger partial charge on any atom is 0.252 e. The van der Waals surface area contributed by atoms with Crippen LogP contribution in [0.15, 0.2) is 51.4 Å². The van der Waals surface area contributed by atoms with Crippen LogP contribution in [0.3, 0.4) is 0 Å². The molecule has 0 heterocycles. The highest BCUT2D eigenvalue weighted by Crippen LogP contribution is 2.23. The van der Waals surface area contributed by atoms with Crippen LogP contribution in [-0.4, -0.2) is 5.91 Å². The quantitative estimate of drug-likeness (QED) is 0.717. The summed E-state index contributed by atoms with van der Waals surface area (Å²) in [7, 11) is 0. The van der Waals surface area contributed by atoms with E-state index in [2.05, 4.69) is 75.3 Å². The molecule has 0 aromatic heterocycles. The van der Waals surface area contributed by atoms with Gasteiger partial charge in [-0.05, 0) is 53.0 Å². The van der Waals surface area contributed by atoms with Crippen LogP contribution in [0.2, 0.25) is 0 Å². The number of nitrogens with one attached hydrogen (secondary N) is 1. The SMILES string of the molecule is CCC(NC(=O)c1ccc(Br)cc1Br)c1ccc(C)cc1. The van der Waals surface area contributed by atoms with Crippen molar-refractivity contribution in [3.05, 3.63) is 68.1 Å². The number of hydrogen-bond donors (Lipinski definition) is 1. The van der Waals surface area contributed by atoms with Crippen molar-refractivity contribution in [2.75, 3.05) is 0 Å². The molecule has 0 saturated heterocycles. The summed E-state index contributed by atoms with van der Waals surface area (Å²) in [5.74, 6) is -0.0678. The Kier molecular flexibility index (Phi) is 5.59. The lowest BCUT2D eigenvalue weighted by Gasteiger charge is -2.18. The van der Waals surface area contributed by atoms with E-state index in [9.17, 15) is 4.79 Å². The molecule has 4 heteroatoms. The Morgan fingerprint density at radius 2 is 1.81 bits per heavy atom. The first-order valence-corrected chi connectivity index (χ1v) is 8.42. The molecule has 0 aliphatic carbocycles. The van der Waals surface area contributed by atoms with Crippen LogP contribution in [0.4, 0.5) is 0 Å². The molecule has 1 amide bonds. The summed E-state index contributed by atoms with van der Waals surface area (Å²) in [6.07, 6.45) is 0.850. The molecule has 0 aliphatic rings. The van der Waals surface area contributed by atoms with Gasteiger partial charge in [-0.15, -0.1) is 0 Å². The average molecular weight is 411 g/mol. The topological polar surface area (TPSA) is 29.1 Å². The van der Waals surface area contributed by atoms with Gasteiger partial charge in [0.05, 0.1) is 11.6 Å². The Balaban J connectivity index is 2.18. The van der Waals surface area contributed by atoms with E-state index in [1.165, 1.54) is 5.56 Å². The number of aryl methyl sites for hydroxylation is 1. The molecule has 0 spiro atoms. The number of benzene rings is 2. The van der Waals surface area contributed by atoms with Gasteiger partial charge in [-0.3, -0.25) is 4.79 Å². The highest BCUT2D eigenvalue weighted by atomic mass is 79.9. The van der Waals surface area contributed by atoms with Crippen molar-refractivity contribution in [1.29, 1.82) is 0 Å². The third-order valence-corrected chi connectivity index (χ3v) is 4.52. The lowest BCUT2D eigenvalue weighted by atomic mass is 10.0. The zero-order valence-electron chi connectivity index (χ0n) is 12.0.